The van der Waals surface area contributed by atoms with E-state index in [1.807, 2.05) is 64.4 Å². The highest BCUT2D eigenvalue weighted by atomic mass is 79.9. The molecule has 2 aromatic carbocycles. The second-order valence-corrected chi connectivity index (χ2v) is 10.2. The standard InChI is InChI=1S/C26H29BrN4O3/c27-21-10-8-20(9-11-21)24(33)29-16-12-26(13-17-29)25(34)30(18-23(32)28-14-4-5-15-28)19-31(26)22-6-2-1-3-7-22/h1-3,6-11H,4-5,12-19H2. The Morgan fingerprint density at radius 1 is 0.853 bits per heavy atom. The van der Waals surface area contributed by atoms with E-state index in [1.165, 1.54) is 0 Å². The van der Waals surface area contributed by atoms with Gasteiger partial charge in [0.2, 0.25) is 5.91 Å². The summed E-state index contributed by atoms with van der Waals surface area (Å²) in [5.41, 5.74) is 0.887. The van der Waals surface area contributed by atoms with E-state index < -0.39 is 5.54 Å². The quantitative estimate of drug-likeness (QED) is 0.615. The summed E-state index contributed by atoms with van der Waals surface area (Å²) in [6, 6.07) is 17.3. The van der Waals surface area contributed by atoms with Crippen LogP contribution in [-0.2, 0) is 9.59 Å². The molecule has 0 bridgehead atoms. The molecule has 0 radical (unpaired) electrons. The lowest BCUT2D eigenvalue weighted by Crippen LogP contribution is -2.57. The fraction of sp³-hybridized carbons (Fsp3) is 0.423. The van der Waals surface area contributed by atoms with Gasteiger partial charge in [0.25, 0.3) is 11.8 Å². The van der Waals surface area contributed by atoms with Crippen molar-refractivity contribution in [1.82, 2.24) is 14.7 Å². The third-order valence-electron chi connectivity index (χ3n) is 7.34. The molecule has 2 aromatic rings. The van der Waals surface area contributed by atoms with Gasteiger partial charge in [0, 0.05) is 41.9 Å². The molecule has 3 heterocycles. The maximum atomic E-state index is 13.8. The van der Waals surface area contributed by atoms with Crippen LogP contribution in [0.2, 0.25) is 0 Å². The molecule has 0 atom stereocenters. The van der Waals surface area contributed by atoms with Gasteiger partial charge in [0.1, 0.15) is 12.1 Å². The number of para-hydroxylation sites is 1. The van der Waals surface area contributed by atoms with Crippen LogP contribution in [0, 0.1) is 0 Å². The third-order valence-corrected chi connectivity index (χ3v) is 7.86. The minimum Gasteiger partial charge on any atom is -0.341 e. The first-order valence-corrected chi connectivity index (χ1v) is 12.7. The largest absolute Gasteiger partial charge is 0.341 e. The number of anilines is 1. The summed E-state index contributed by atoms with van der Waals surface area (Å²) in [7, 11) is 0. The van der Waals surface area contributed by atoms with Crippen molar-refractivity contribution >= 4 is 39.3 Å². The van der Waals surface area contributed by atoms with E-state index >= 15 is 0 Å². The van der Waals surface area contributed by atoms with Crippen molar-refractivity contribution in [3.63, 3.8) is 0 Å². The molecule has 3 aliphatic heterocycles. The second-order valence-electron chi connectivity index (χ2n) is 9.33. The first kappa shape index (κ1) is 22.9. The molecule has 3 saturated heterocycles. The minimum absolute atomic E-state index is 0.000333. The summed E-state index contributed by atoms with van der Waals surface area (Å²) in [5.74, 6) is 0.0125. The number of hydrogen-bond donors (Lipinski definition) is 0. The number of piperidine rings is 1. The van der Waals surface area contributed by atoms with Crippen molar-refractivity contribution in [2.24, 2.45) is 0 Å². The molecule has 3 fully saturated rings. The van der Waals surface area contributed by atoms with E-state index in [9.17, 15) is 14.4 Å². The molecule has 178 valence electrons. The van der Waals surface area contributed by atoms with Gasteiger partial charge in [0.05, 0.1) is 6.67 Å². The van der Waals surface area contributed by atoms with Crippen LogP contribution >= 0.6 is 15.9 Å². The van der Waals surface area contributed by atoms with Crippen molar-refractivity contribution in [3.8, 4) is 0 Å². The molecular formula is C26H29BrN4O3. The summed E-state index contributed by atoms with van der Waals surface area (Å²) in [5, 5.41) is 0. The van der Waals surface area contributed by atoms with Gasteiger partial charge in [-0.15, -0.1) is 0 Å². The van der Waals surface area contributed by atoms with Crippen LogP contribution < -0.4 is 4.90 Å². The second kappa shape index (κ2) is 9.41. The van der Waals surface area contributed by atoms with Crippen LogP contribution in [0.15, 0.2) is 59.1 Å². The molecule has 3 amide bonds. The summed E-state index contributed by atoms with van der Waals surface area (Å²) < 4.78 is 0.931. The van der Waals surface area contributed by atoms with E-state index in [2.05, 4.69) is 20.8 Å². The van der Waals surface area contributed by atoms with Crippen LogP contribution in [0.3, 0.4) is 0 Å². The normalized spacial score (nSPS) is 19.9. The first-order valence-electron chi connectivity index (χ1n) is 11.9. The zero-order chi connectivity index (χ0) is 23.7. The molecule has 5 rings (SSSR count). The maximum absolute atomic E-state index is 13.8. The predicted octanol–water partition coefficient (Wildman–Crippen LogP) is 3.35. The SMILES string of the molecule is O=C(CN1CN(c2ccccc2)C2(CCN(C(=O)c3ccc(Br)cc3)CC2)C1=O)N1CCCC1. The van der Waals surface area contributed by atoms with E-state index in [0.29, 0.717) is 38.2 Å². The minimum atomic E-state index is -0.733. The lowest BCUT2D eigenvalue weighted by Gasteiger charge is -2.43. The molecule has 1 spiro atoms. The number of carbonyl (C=O) groups is 3. The van der Waals surface area contributed by atoms with Gasteiger partial charge in [-0.1, -0.05) is 34.1 Å². The van der Waals surface area contributed by atoms with Gasteiger partial charge >= 0.3 is 0 Å². The highest BCUT2D eigenvalue weighted by molar-refractivity contribution is 9.10. The Kier molecular flexibility index (Phi) is 6.34. The summed E-state index contributed by atoms with van der Waals surface area (Å²) in [6.07, 6.45) is 3.14. The highest BCUT2D eigenvalue weighted by Gasteiger charge is 2.54. The average Bonchev–Trinajstić information content (AvgIpc) is 3.49. The number of hydrogen-bond acceptors (Lipinski definition) is 4. The van der Waals surface area contributed by atoms with Crippen LogP contribution in [0.25, 0.3) is 0 Å². The number of nitrogens with zero attached hydrogens (tertiary/aromatic N) is 4. The molecule has 0 aliphatic carbocycles. The molecular weight excluding hydrogens is 496 g/mol. The van der Waals surface area contributed by atoms with Gasteiger partial charge in [-0.3, -0.25) is 14.4 Å². The molecule has 34 heavy (non-hydrogen) atoms. The van der Waals surface area contributed by atoms with Crippen LogP contribution in [-0.4, -0.2) is 77.4 Å². The number of rotatable bonds is 4. The smallest absolute Gasteiger partial charge is 0.253 e. The number of likely N-dealkylation sites (tertiary alicyclic amines) is 2. The lowest BCUT2D eigenvalue weighted by molar-refractivity contribution is -0.140. The van der Waals surface area contributed by atoms with Gasteiger partial charge in [0.15, 0.2) is 0 Å². The number of carbonyl (C=O) groups excluding carboxylic acids is 3. The van der Waals surface area contributed by atoms with Crippen molar-refractivity contribution < 1.29 is 14.4 Å². The summed E-state index contributed by atoms with van der Waals surface area (Å²) in [4.78, 5) is 47.3. The van der Waals surface area contributed by atoms with Crippen LogP contribution in [0.5, 0.6) is 0 Å². The van der Waals surface area contributed by atoms with Gasteiger partial charge in [-0.25, -0.2) is 0 Å². The molecule has 0 saturated carbocycles. The van der Waals surface area contributed by atoms with Crippen molar-refractivity contribution in [2.75, 3.05) is 44.3 Å². The fourth-order valence-corrected chi connectivity index (χ4v) is 5.67. The third kappa shape index (κ3) is 4.19. The Balaban J connectivity index is 1.35. The summed E-state index contributed by atoms with van der Waals surface area (Å²) >= 11 is 3.41. The number of halogens is 1. The molecule has 0 aromatic heterocycles. The zero-order valence-electron chi connectivity index (χ0n) is 19.2. The van der Waals surface area contributed by atoms with Gasteiger partial charge in [-0.2, -0.15) is 0 Å². The van der Waals surface area contributed by atoms with Crippen molar-refractivity contribution in [3.05, 3.63) is 64.6 Å². The van der Waals surface area contributed by atoms with E-state index in [-0.39, 0.29) is 24.3 Å². The fourth-order valence-electron chi connectivity index (χ4n) is 5.41. The molecule has 8 heteroatoms. The Hall–Kier alpha value is -2.87. The highest BCUT2D eigenvalue weighted by Crippen LogP contribution is 2.39. The topological polar surface area (TPSA) is 64.2 Å². The number of amides is 3. The Morgan fingerprint density at radius 2 is 1.50 bits per heavy atom. The van der Waals surface area contributed by atoms with Gasteiger partial charge in [-0.05, 0) is 62.1 Å². The molecule has 7 nitrogen and oxygen atoms in total. The summed E-state index contributed by atoms with van der Waals surface area (Å²) in [6.45, 7) is 3.06. The molecule has 0 N–H and O–H groups in total. The Labute approximate surface area is 208 Å². The van der Waals surface area contributed by atoms with Crippen molar-refractivity contribution in [2.45, 2.75) is 31.2 Å². The van der Waals surface area contributed by atoms with E-state index in [4.69, 9.17) is 0 Å². The van der Waals surface area contributed by atoms with E-state index in [1.54, 1.807) is 4.90 Å². The maximum Gasteiger partial charge on any atom is 0.253 e. The lowest BCUT2D eigenvalue weighted by atomic mass is 9.85. The first-order chi connectivity index (χ1) is 16.5. The van der Waals surface area contributed by atoms with E-state index in [0.717, 1.165) is 36.1 Å². The predicted molar refractivity (Wildman–Crippen MR) is 133 cm³/mol. The Morgan fingerprint density at radius 3 is 2.15 bits per heavy atom. The van der Waals surface area contributed by atoms with Crippen LogP contribution in [0.4, 0.5) is 5.69 Å². The molecule has 3 aliphatic rings. The zero-order valence-corrected chi connectivity index (χ0v) is 20.7. The Bertz CT molecular complexity index is 1060. The monoisotopic (exact) mass is 524 g/mol. The molecule has 0 unspecified atom stereocenters. The number of benzene rings is 2. The van der Waals surface area contributed by atoms with Crippen molar-refractivity contribution in [1.29, 1.82) is 0 Å². The van der Waals surface area contributed by atoms with Crippen LogP contribution in [0.1, 0.15) is 36.0 Å². The van der Waals surface area contributed by atoms with Gasteiger partial charge < -0.3 is 19.6 Å². The average molecular weight is 525 g/mol.